The van der Waals surface area contributed by atoms with Gasteiger partial charge in [-0.15, -0.1) is 0 Å². The van der Waals surface area contributed by atoms with Crippen molar-refractivity contribution in [2.24, 2.45) is 0 Å². The summed E-state index contributed by atoms with van der Waals surface area (Å²) < 4.78 is 13.3. The molecular formula is C17H22ClFN2O2. The molecule has 1 N–H and O–H groups in total. The maximum Gasteiger partial charge on any atom is 0.244 e. The molecule has 0 spiro atoms. The molecule has 3 unspecified atom stereocenters. The lowest BCUT2D eigenvalue weighted by Gasteiger charge is -2.30. The highest BCUT2D eigenvalue weighted by Crippen LogP contribution is 2.32. The van der Waals surface area contributed by atoms with E-state index in [1.54, 1.807) is 17.9 Å². The van der Waals surface area contributed by atoms with Crippen molar-refractivity contribution in [2.45, 2.75) is 50.8 Å². The summed E-state index contributed by atoms with van der Waals surface area (Å²) in [7, 11) is 0. The first-order valence-corrected chi connectivity index (χ1v) is 8.55. The van der Waals surface area contributed by atoms with Gasteiger partial charge in [0.05, 0.1) is 17.2 Å². The van der Waals surface area contributed by atoms with Crippen LogP contribution >= 0.6 is 11.6 Å². The van der Waals surface area contributed by atoms with Gasteiger partial charge in [-0.05, 0) is 57.4 Å². The summed E-state index contributed by atoms with van der Waals surface area (Å²) in [4.78, 5) is 16.7. The summed E-state index contributed by atoms with van der Waals surface area (Å²) in [6.07, 6.45) is 3.18. The number of halogens is 2. The van der Waals surface area contributed by atoms with Crippen molar-refractivity contribution in [3.8, 4) is 0 Å². The lowest BCUT2D eigenvalue weighted by Crippen LogP contribution is -2.45. The number of hydrogen-bond acceptors (Lipinski definition) is 3. The molecule has 0 bridgehead atoms. The van der Waals surface area contributed by atoms with E-state index in [0.29, 0.717) is 18.7 Å². The third-order valence-corrected chi connectivity index (χ3v) is 5.12. The second-order valence-electron chi connectivity index (χ2n) is 6.51. The van der Waals surface area contributed by atoms with Crippen LogP contribution in [0.15, 0.2) is 18.2 Å². The predicted molar refractivity (Wildman–Crippen MR) is 88.2 cm³/mol. The van der Waals surface area contributed by atoms with Crippen LogP contribution in [-0.2, 0) is 4.79 Å². The van der Waals surface area contributed by atoms with Crippen molar-refractivity contribution < 1.29 is 14.3 Å². The van der Waals surface area contributed by atoms with Crippen LogP contribution in [0.4, 0.5) is 10.1 Å². The summed E-state index contributed by atoms with van der Waals surface area (Å²) in [6.45, 7) is 3.30. The van der Waals surface area contributed by atoms with Crippen LogP contribution in [0.2, 0.25) is 5.02 Å². The fourth-order valence-corrected chi connectivity index (χ4v) is 3.97. The van der Waals surface area contributed by atoms with E-state index in [2.05, 4.69) is 4.90 Å². The summed E-state index contributed by atoms with van der Waals surface area (Å²) in [5, 5.41) is 9.69. The van der Waals surface area contributed by atoms with Crippen molar-refractivity contribution in [3.05, 3.63) is 29.0 Å². The SMILES string of the molecule is CC(O)CC1CCCN1C1CCN(c2ccc(F)c(Cl)c2)C1=O. The van der Waals surface area contributed by atoms with Gasteiger partial charge in [0.25, 0.3) is 0 Å². The van der Waals surface area contributed by atoms with E-state index in [-0.39, 0.29) is 29.1 Å². The zero-order chi connectivity index (χ0) is 16.6. The molecule has 1 aromatic rings. The number of likely N-dealkylation sites (tertiary alicyclic amines) is 1. The van der Waals surface area contributed by atoms with E-state index in [1.807, 2.05) is 0 Å². The third-order valence-electron chi connectivity index (χ3n) is 4.83. The van der Waals surface area contributed by atoms with Gasteiger partial charge in [0.1, 0.15) is 5.82 Å². The van der Waals surface area contributed by atoms with Crippen LogP contribution in [0.25, 0.3) is 0 Å². The predicted octanol–water partition coefficient (Wildman–Crippen LogP) is 2.82. The second kappa shape index (κ2) is 6.75. The number of amides is 1. The molecule has 23 heavy (non-hydrogen) atoms. The molecule has 2 fully saturated rings. The van der Waals surface area contributed by atoms with Gasteiger partial charge < -0.3 is 10.0 Å². The highest BCUT2D eigenvalue weighted by molar-refractivity contribution is 6.31. The van der Waals surface area contributed by atoms with Crippen LogP contribution in [-0.4, -0.2) is 47.2 Å². The van der Waals surface area contributed by atoms with Crippen molar-refractivity contribution in [1.29, 1.82) is 0 Å². The number of hydrogen-bond donors (Lipinski definition) is 1. The number of carbonyl (C=O) groups excluding carboxylic acids is 1. The van der Waals surface area contributed by atoms with E-state index in [1.165, 1.54) is 12.1 Å². The first-order chi connectivity index (χ1) is 11.0. The van der Waals surface area contributed by atoms with Crippen molar-refractivity contribution in [3.63, 3.8) is 0 Å². The molecule has 0 aliphatic carbocycles. The van der Waals surface area contributed by atoms with Crippen LogP contribution < -0.4 is 4.90 Å². The van der Waals surface area contributed by atoms with E-state index < -0.39 is 5.82 Å². The number of aliphatic hydroxyl groups is 1. The first-order valence-electron chi connectivity index (χ1n) is 8.17. The summed E-state index contributed by atoms with van der Waals surface area (Å²) in [6, 6.07) is 4.52. The first kappa shape index (κ1) is 16.7. The number of aliphatic hydroxyl groups excluding tert-OH is 1. The summed E-state index contributed by atoms with van der Waals surface area (Å²) in [5.41, 5.74) is 0.648. The average Bonchev–Trinajstić information content (AvgIpc) is 3.08. The molecule has 2 aliphatic rings. The van der Waals surface area contributed by atoms with Crippen LogP contribution in [0.1, 0.15) is 32.6 Å². The molecule has 2 aliphatic heterocycles. The van der Waals surface area contributed by atoms with Gasteiger partial charge in [-0.1, -0.05) is 11.6 Å². The van der Waals surface area contributed by atoms with E-state index in [0.717, 1.165) is 25.8 Å². The van der Waals surface area contributed by atoms with Gasteiger partial charge in [-0.3, -0.25) is 9.69 Å². The maximum atomic E-state index is 13.3. The number of anilines is 1. The van der Waals surface area contributed by atoms with Gasteiger partial charge in [-0.25, -0.2) is 4.39 Å². The molecule has 3 rings (SSSR count). The minimum Gasteiger partial charge on any atom is -0.393 e. The molecule has 6 heteroatoms. The third kappa shape index (κ3) is 3.37. The fourth-order valence-electron chi connectivity index (χ4n) is 3.80. The zero-order valence-corrected chi connectivity index (χ0v) is 14.0. The molecule has 0 saturated carbocycles. The molecule has 0 radical (unpaired) electrons. The molecule has 4 nitrogen and oxygen atoms in total. The number of nitrogens with zero attached hydrogens (tertiary/aromatic N) is 2. The average molecular weight is 341 g/mol. The topological polar surface area (TPSA) is 43.8 Å². The molecule has 2 heterocycles. The van der Waals surface area contributed by atoms with Gasteiger partial charge in [-0.2, -0.15) is 0 Å². The highest BCUT2D eigenvalue weighted by Gasteiger charge is 2.41. The Balaban J connectivity index is 1.74. The Morgan fingerprint density at radius 2 is 2.17 bits per heavy atom. The minimum atomic E-state index is -0.477. The number of carbonyl (C=O) groups is 1. The van der Waals surface area contributed by atoms with Gasteiger partial charge in [0.2, 0.25) is 5.91 Å². The molecule has 1 aromatic carbocycles. The molecule has 126 valence electrons. The smallest absolute Gasteiger partial charge is 0.244 e. The largest absolute Gasteiger partial charge is 0.393 e. The monoisotopic (exact) mass is 340 g/mol. The number of rotatable bonds is 4. The molecule has 3 atom stereocenters. The standard InChI is InChI=1S/C17H22ClFN2O2/c1-11(22)9-12-3-2-7-20(12)16-6-8-21(17(16)23)13-4-5-15(19)14(18)10-13/h4-5,10-12,16,22H,2-3,6-9H2,1H3. The Morgan fingerprint density at radius 3 is 2.87 bits per heavy atom. The Bertz CT molecular complexity index is 596. The Kier molecular flexibility index (Phi) is 4.90. The Hall–Kier alpha value is -1.17. The van der Waals surface area contributed by atoms with Gasteiger partial charge >= 0.3 is 0 Å². The molecule has 2 saturated heterocycles. The van der Waals surface area contributed by atoms with Gasteiger partial charge in [0.15, 0.2) is 0 Å². The zero-order valence-electron chi connectivity index (χ0n) is 13.2. The van der Waals surface area contributed by atoms with Gasteiger partial charge in [0, 0.05) is 18.3 Å². The molecular weight excluding hydrogens is 319 g/mol. The minimum absolute atomic E-state index is 0.0342. The van der Waals surface area contributed by atoms with Crippen LogP contribution in [0.5, 0.6) is 0 Å². The maximum absolute atomic E-state index is 13.3. The lowest BCUT2D eigenvalue weighted by atomic mass is 10.1. The lowest BCUT2D eigenvalue weighted by molar-refractivity contribution is -0.122. The van der Waals surface area contributed by atoms with Crippen LogP contribution in [0.3, 0.4) is 0 Å². The number of benzene rings is 1. The van der Waals surface area contributed by atoms with Crippen molar-refractivity contribution in [2.75, 3.05) is 18.0 Å². The quantitative estimate of drug-likeness (QED) is 0.916. The summed E-state index contributed by atoms with van der Waals surface area (Å²) >= 11 is 5.83. The Morgan fingerprint density at radius 1 is 1.39 bits per heavy atom. The fraction of sp³-hybridized carbons (Fsp3) is 0.588. The van der Waals surface area contributed by atoms with E-state index in [9.17, 15) is 14.3 Å². The normalized spacial score (nSPS) is 27.0. The molecule has 1 amide bonds. The molecule has 0 aromatic heterocycles. The Labute approximate surface area is 140 Å². The van der Waals surface area contributed by atoms with Crippen LogP contribution in [0, 0.1) is 5.82 Å². The second-order valence-corrected chi connectivity index (χ2v) is 6.92. The van der Waals surface area contributed by atoms with E-state index >= 15 is 0 Å². The highest BCUT2D eigenvalue weighted by atomic mass is 35.5. The van der Waals surface area contributed by atoms with E-state index in [4.69, 9.17) is 11.6 Å². The van der Waals surface area contributed by atoms with Crippen molar-refractivity contribution in [1.82, 2.24) is 4.90 Å². The van der Waals surface area contributed by atoms with Crippen molar-refractivity contribution >= 4 is 23.2 Å². The summed E-state index contributed by atoms with van der Waals surface area (Å²) in [5.74, 6) is -0.430.